The first-order valence-corrected chi connectivity index (χ1v) is 12.2. The van der Waals surface area contributed by atoms with E-state index in [0.717, 1.165) is 49.7 Å². The van der Waals surface area contributed by atoms with Crippen molar-refractivity contribution in [1.82, 2.24) is 0 Å². The van der Waals surface area contributed by atoms with E-state index in [-0.39, 0.29) is 5.82 Å². The smallest absolute Gasteiger partial charge is 0.126 e. The van der Waals surface area contributed by atoms with Crippen LogP contribution in [0.15, 0.2) is 18.2 Å². The standard InChI is InChI=1S/C26H39FO/c1-2-28-24-15-12-21(13-16-24)23-14-17-25(26(27)18-23)22-10-8-20(9-11-22)19-6-4-3-5-7-19/h14,17-22,24H,2-13,15-16H2,1H3. The molecule has 0 atom stereocenters. The zero-order chi connectivity index (χ0) is 19.3. The van der Waals surface area contributed by atoms with Crippen LogP contribution < -0.4 is 0 Å². The SMILES string of the molecule is CCOC1CCC(c2ccc(C3CCC(C4CCCCC4)CC3)c(F)c2)CC1. The minimum absolute atomic E-state index is 0.0607. The maximum atomic E-state index is 15.0. The van der Waals surface area contributed by atoms with Crippen LogP contribution in [0.4, 0.5) is 4.39 Å². The summed E-state index contributed by atoms with van der Waals surface area (Å²) in [5.74, 6) is 2.91. The van der Waals surface area contributed by atoms with Gasteiger partial charge in [0.15, 0.2) is 0 Å². The third-order valence-electron chi connectivity index (χ3n) is 8.10. The quantitative estimate of drug-likeness (QED) is 0.503. The number of hydrogen-bond donors (Lipinski definition) is 0. The Balaban J connectivity index is 1.32. The molecule has 156 valence electrons. The minimum atomic E-state index is 0.0607. The molecule has 0 aliphatic heterocycles. The Kier molecular flexibility index (Phi) is 7.09. The van der Waals surface area contributed by atoms with E-state index in [9.17, 15) is 0 Å². The first-order chi connectivity index (χ1) is 13.7. The molecule has 0 saturated heterocycles. The van der Waals surface area contributed by atoms with Crippen LogP contribution in [0.25, 0.3) is 0 Å². The summed E-state index contributed by atoms with van der Waals surface area (Å²) in [4.78, 5) is 0. The number of hydrogen-bond acceptors (Lipinski definition) is 1. The van der Waals surface area contributed by atoms with Gasteiger partial charge in [0, 0.05) is 6.61 Å². The van der Waals surface area contributed by atoms with Gasteiger partial charge in [-0.1, -0.05) is 44.2 Å². The van der Waals surface area contributed by atoms with Gasteiger partial charge in [0.1, 0.15) is 5.82 Å². The van der Waals surface area contributed by atoms with Crippen LogP contribution in [0.2, 0.25) is 0 Å². The largest absolute Gasteiger partial charge is 0.379 e. The van der Waals surface area contributed by atoms with Gasteiger partial charge in [-0.2, -0.15) is 0 Å². The van der Waals surface area contributed by atoms with E-state index in [1.54, 1.807) is 0 Å². The van der Waals surface area contributed by atoms with Crippen molar-refractivity contribution >= 4 is 0 Å². The van der Waals surface area contributed by atoms with Gasteiger partial charge < -0.3 is 4.74 Å². The second-order valence-electron chi connectivity index (χ2n) is 9.72. The van der Waals surface area contributed by atoms with E-state index >= 15 is 4.39 Å². The molecule has 0 bridgehead atoms. The van der Waals surface area contributed by atoms with Gasteiger partial charge in [-0.3, -0.25) is 0 Å². The van der Waals surface area contributed by atoms with E-state index in [2.05, 4.69) is 19.1 Å². The van der Waals surface area contributed by atoms with E-state index in [0.29, 0.717) is 17.9 Å². The minimum Gasteiger partial charge on any atom is -0.379 e. The molecular weight excluding hydrogens is 347 g/mol. The summed E-state index contributed by atoms with van der Waals surface area (Å²) in [6.07, 6.45) is 17.2. The van der Waals surface area contributed by atoms with Gasteiger partial charge in [0.05, 0.1) is 6.10 Å². The zero-order valence-corrected chi connectivity index (χ0v) is 17.8. The Morgan fingerprint density at radius 2 is 1.43 bits per heavy atom. The number of benzene rings is 1. The van der Waals surface area contributed by atoms with E-state index < -0.39 is 0 Å². The predicted molar refractivity (Wildman–Crippen MR) is 114 cm³/mol. The molecule has 3 saturated carbocycles. The van der Waals surface area contributed by atoms with E-state index in [1.165, 1.54) is 63.4 Å². The maximum absolute atomic E-state index is 15.0. The van der Waals surface area contributed by atoms with Crippen LogP contribution in [0.5, 0.6) is 0 Å². The lowest BCUT2D eigenvalue weighted by Crippen LogP contribution is -2.23. The van der Waals surface area contributed by atoms with Crippen molar-refractivity contribution in [3.05, 3.63) is 35.1 Å². The summed E-state index contributed by atoms with van der Waals surface area (Å²) in [7, 11) is 0. The second-order valence-corrected chi connectivity index (χ2v) is 9.72. The molecule has 3 aliphatic carbocycles. The Morgan fingerprint density at radius 3 is 2.07 bits per heavy atom. The molecule has 0 spiro atoms. The lowest BCUT2D eigenvalue weighted by molar-refractivity contribution is 0.0328. The molecule has 0 radical (unpaired) electrons. The topological polar surface area (TPSA) is 9.23 Å². The molecule has 3 aliphatic rings. The average molecular weight is 387 g/mol. The lowest BCUT2D eigenvalue weighted by atomic mass is 9.70. The van der Waals surface area contributed by atoms with Gasteiger partial charge in [0.25, 0.3) is 0 Å². The highest BCUT2D eigenvalue weighted by Gasteiger charge is 2.30. The van der Waals surface area contributed by atoms with Crippen molar-refractivity contribution in [3.8, 4) is 0 Å². The fourth-order valence-corrected chi connectivity index (χ4v) is 6.43. The maximum Gasteiger partial charge on any atom is 0.126 e. The van der Waals surface area contributed by atoms with E-state index in [1.807, 2.05) is 6.07 Å². The van der Waals surface area contributed by atoms with Gasteiger partial charge in [-0.05, 0) is 99.2 Å². The van der Waals surface area contributed by atoms with E-state index in [4.69, 9.17) is 4.74 Å². The predicted octanol–water partition coefficient (Wildman–Crippen LogP) is 7.74. The monoisotopic (exact) mass is 386 g/mol. The van der Waals surface area contributed by atoms with Crippen molar-refractivity contribution in [2.45, 2.75) is 108 Å². The fourth-order valence-electron chi connectivity index (χ4n) is 6.43. The molecule has 0 aromatic heterocycles. The number of ether oxygens (including phenoxy) is 1. The normalized spacial score (nSPS) is 32.4. The molecule has 4 rings (SSSR count). The van der Waals surface area contributed by atoms with Gasteiger partial charge in [-0.25, -0.2) is 4.39 Å². The van der Waals surface area contributed by atoms with Crippen molar-refractivity contribution < 1.29 is 9.13 Å². The van der Waals surface area contributed by atoms with Crippen LogP contribution in [0, 0.1) is 17.7 Å². The zero-order valence-electron chi connectivity index (χ0n) is 17.8. The van der Waals surface area contributed by atoms with Gasteiger partial charge >= 0.3 is 0 Å². The Bertz CT molecular complexity index is 605. The summed E-state index contributed by atoms with van der Waals surface area (Å²) in [6.45, 7) is 2.88. The molecular formula is C26H39FO. The first kappa shape index (κ1) is 20.4. The molecule has 1 nitrogen and oxygen atoms in total. The Hall–Kier alpha value is -0.890. The van der Waals surface area contributed by atoms with Crippen LogP contribution in [-0.2, 0) is 4.74 Å². The summed E-state index contributed by atoms with van der Waals surface area (Å²) >= 11 is 0. The van der Waals surface area contributed by atoms with Crippen LogP contribution >= 0.6 is 0 Å². The average Bonchev–Trinajstić information content (AvgIpc) is 2.75. The molecule has 3 fully saturated rings. The highest BCUT2D eigenvalue weighted by atomic mass is 19.1. The van der Waals surface area contributed by atoms with Crippen molar-refractivity contribution in [3.63, 3.8) is 0 Å². The highest BCUT2D eigenvalue weighted by molar-refractivity contribution is 5.30. The number of rotatable bonds is 5. The third-order valence-corrected chi connectivity index (χ3v) is 8.10. The second kappa shape index (κ2) is 9.74. The summed E-state index contributed by atoms with van der Waals surface area (Å²) in [5, 5.41) is 0. The molecule has 2 heteroatoms. The van der Waals surface area contributed by atoms with Crippen LogP contribution in [-0.4, -0.2) is 12.7 Å². The van der Waals surface area contributed by atoms with Crippen molar-refractivity contribution in [2.75, 3.05) is 6.61 Å². The molecule has 0 amide bonds. The van der Waals surface area contributed by atoms with Crippen LogP contribution in [0.3, 0.4) is 0 Å². The molecule has 1 aromatic rings. The Morgan fingerprint density at radius 1 is 0.786 bits per heavy atom. The molecule has 0 N–H and O–H groups in total. The summed E-state index contributed by atoms with van der Waals surface area (Å²) < 4.78 is 20.8. The lowest BCUT2D eigenvalue weighted by Gasteiger charge is -2.36. The van der Waals surface area contributed by atoms with Gasteiger partial charge in [0.2, 0.25) is 0 Å². The summed E-state index contributed by atoms with van der Waals surface area (Å²) in [6, 6.07) is 6.23. The fraction of sp³-hybridized carbons (Fsp3) is 0.769. The first-order valence-electron chi connectivity index (χ1n) is 12.2. The summed E-state index contributed by atoms with van der Waals surface area (Å²) in [5.41, 5.74) is 2.21. The van der Waals surface area contributed by atoms with Crippen molar-refractivity contribution in [2.24, 2.45) is 11.8 Å². The Labute approximate surface area is 171 Å². The molecule has 1 aromatic carbocycles. The number of halogens is 1. The van der Waals surface area contributed by atoms with Crippen molar-refractivity contribution in [1.29, 1.82) is 0 Å². The van der Waals surface area contributed by atoms with Gasteiger partial charge in [-0.15, -0.1) is 0 Å². The van der Waals surface area contributed by atoms with Crippen LogP contribution in [0.1, 0.15) is 113 Å². The highest BCUT2D eigenvalue weighted by Crippen LogP contribution is 2.44. The molecule has 0 unspecified atom stereocenters. The molecule has 0 heterocycles. The molecule has 28 heavy (non-hydrogen) atoms. The third kappa shape index (κ3) is 4.81.